The van der Waals surface area contributed by atoms with E-state index < -0.39 is 4.92 Å². The lowest BCUT2D eigenvalue weighted by Crippen LogP contribution is -2.08. The fraction of sp³-hybridized carbons (Fsp3) is 0.333. The predicted molar refractivity (Wildman–Crippen MR) is 26.7 cm³/mol. The Balaban J connectivity index is 2.57. The van der Waals surface area contributed by atoms with Gasteiger partial charge in [-0.2, -0.15) is 0 Å². The van der Waals surface area contributed by atoms with Gasteiger partial charge in [0.05, 0.1) is 6.54 Å². The van der Waals surface area contributed by atoms with Crippen molar-refractivity contribution < 1.29 is 4.92 Å². The fourth-order valence-corrected chi connectivity index (χ4v) is 0.425. The van der Waals surface area contributed by atoms with Gasteiger partial charge >= 0.3 is 5.84 Å². The van der Waals surface area contributed by atoms with Crippen LogP contribution in [0.25, 0.3) is 0 Å². The van der Waals surface area contributed by atoms with Crippen LogP contribution in [0.2, 0.25) is 0 Å². The van der Waals surface area contributed by atoms with Crippen molar-refractivity contribution in [3.05, 3.63) is 16.5 Å². The molecule has 0 saturated heterocycles. The van der Waals surface area contributed by atoms with Gasteiger partial charge < -0.3 is 10.1 Å². The predicted octanol–water partition coefficient (Wildman–Crippen LogP) is -0.616. The van der Waals surface area contributed by atoms with Crippen LogP contribution in [-0.4, -0.2) is 17.3 Å². The second-order valence-corrected chi connectivity index (χ2v) is 1.29. The quantitative estimate of drug-likeness (QED) is 0.337. The Morgan fingerprint density at radius 2 is 2.75 bits per heavy atom. The van der Waals surface area contributed by atoms with Crippen molar-refractivity contribution in [3.63, 3.8) is 0 Å². The van der Waals surface area contributed by atoms with Gasteiger partial charge in [0.25, 0.3) is 0 Å². The highest BCUT2D eigenvalue weighted by Crippen LogP contribution is 1.90. The van der Waals surface area contributed by atoms with Gasteiger partial charge in [-0.15, -0.1) is 0 Å². The van der Waals surface area contributed by atoms with Crippen LogP contribution >= 0.6 is 0 Å². The largest absolute Gasteiger partial charge is 0.369 e. The molecule has 43 valence electrons. The average Bonchev–Trinajstić information content (AvgIpc) is 2.12. The van der Waals surface area contributed by atoms with Crippen LogP contribution in [0.1, 0.15) is 0 Å². The molecule has 0 spiro atoms. The van der Waals surface area contributed by atoms with E-state index in [4.69, 9.17) is 0 Å². The lowest BCUT2D eigenvalue weighted by atomic mass is 10.4. The molecule has 0 amide bonds. The first-order valence-corrected chi connectivity index (χ1v) is 2.09. The van der Waals surface area contributed by atoms with Crippen LogP contribution in [-0.2, 0) is 0 Å². The van der Waals surface area contributed by atoms with Crippen LogP contribution in [0.15, 0.2) is 5.10 Å². The number of hydrogen-bond donors (Lipinski definition) is 1. The molecule has 0 saturated carbocycles. The normalized spacial score (nSPS) is 17.2. The molecule has 1 heterocycles. The van der Waals surface area contributed by atoms with E-state index in [1.165, 1.54) is 6.42 Å². The molecule has 0 fully saturated rings. The van der Waals surface area contributed by atoms with Crippen LogP contribution < -0.4 is 5.43 Å². The zero-order chi connectivity index (χ0) is 5.98. The Hall–Kier alpha value is -1.13. The molecule has 0 unspecified atom stereocenters. The second kappa shape index (κ2) is 1.77. The third-order valence-electron chi connectivity index (χ3n) is 0.757. The average molecular weight is 114 g/mol. The van der Waals surface area contributed by atoms with E-state index in [0.717, 1.165) is 0 Å². The first-order valence-electron chi connectivity index (χ1n) is 2.09. The van der Waals surface area contributed by atoms with Gasteiger partial charge in [0, 0.05) is 5.10 Å². The molecule has 0 aromatic heterocycles. The number of hydrazone groups is 1. The summed E-state index contributed by atoms with van der Waals surface area (Å²) in [5, 5.41) is 13.2. The molecule has 5 heteroatoms. The molecule has 1 aliphatic heterocycles. The second-order valence-electron chi connectivity index (χ2n) is 1.29. The van der Waals surface area contributed by atoms with Gasteiger partial charge in [0.2, 0.25) is 0 Å². The molecule has 0 bridgehead atoms. The van der Waals surface area contributed by atoms with E-state index in [0.29, 0.717) is 6.54 Å². The van der Waals surface area contributed by atoms with Crippen LogP contribution in [0.3, 0.4) is 0 Å². The summed E-state index contributed by atoms with van der Waals surface area (Å²) in [4.78, 5) is 9.28. The third kappa shape index (κ3) is 0.749. The molecule has 1 aliphatic rings. The summed E-state index contributed by atoms with van der Waals surface area (Å²) < 4.78 is 0. The Bertz CT molecular complexity index is 141. The van der Waals surface area contributed by atoms with Crippen molar-refractivity contribution in [1.29, 1.82) is 0 Å². The van der Waals surface area contributed by atoms with Crippen molar-refractivity contribution in [2.24, 2.45) is 5.10 Å². The summed E-state index contributed by atoms with van der Waals surface area (Å²) in [6, 6.07) is 0. The molecule has 0 aromatic carbocycles. The Labute approximate surface area is 45.5 Å². The molecule has 1 rings (SSSR count). The maximum atomic E-state index is 9.81. The number of nitro groups is 1. The zero-order valence-corrected chi connectivity index (χ0v) is 4.00. The standard InChI is InChI=1S/C3H4N3O2/c7-6(8)3-1-2-4-5-3/h1,4H,2H2. The molecule has 1 radical (unpaired) electrons. The van der Waals surface area contributed by atoms with E-state index in [1.54, 1.807) is 0 Å². The van der Waals surface area contributed by atoms with E-state index >= 15 is 0 Å². The molecule has 0 aliphatic carbocycles. The minimum atomic E-state index is -0.528. The summed E-state index contributed by atoms with van der Waals surface area (Å²) in [7, 11) is 0. The highest BCUT2D eigenvalue weighted by molar-refractivity contribution is 5.84. The topological polar surface area (TPSA) is 67.5 Å². The summed E-state index contributed by atoms with van der Waals surface area (Å²) in [5.41, 5.74) is 2.44. The Kier molecular flexibility index (Phi) is 1.11. The summed E-state index contributed by atoms with van der Waals surface area (Å²) in [6.45, 7) is 0.469. The molecule has 8 heavy (non-hydrogen) atoms. The van der Waals surface area contributed by atoms with Gasteiger partial charge in [-0.05, 0) is 4.92 Å². The van der Waals surface area contributed by atoms with Crippen molar-refractivity contribution in [2.45, 2.75) is 0 Å². The molecular formula is C3H4N3O2. The molecule has 5 nitrogen and oxygen atoms in total. The molecule has 0 aromatic rings. The first-order chi connectivity index (χ1) is 3.80. The molecule has 0 atom stereocenters. The van der Waals surface area contributed by atoms with Gasteiger partial charge in [-0.25, -0.2) is 5.43 Å². The van der Waals surface area contributed by atoms with E-state index in [9.17, 15) is 10.1 Å². The van der Waals surface area contributed by atoms with Crippen LogP contribution in [0.4, 0.5) is 0 Å². The number of hydrogen-bond acceptors (Lipinski definition) is 4. The highest BCUT2D eigenvalue weighted by atomic mass is 16.6. The maximum absolute atomic E-state index is 9.81. The Morgan fingerprint density at radius 1 is 2.00 bits per heavy atom. The lowest BCUT2D eigenvalue weighted by molar-refractivity contribution is -0.349. The fourth-order valence-electron chi connectivity index (χ4n) is 0.425. The summed E-state index contributed by atoms with van der Waals surface area (Å²) >= 11 is 0. The third-order valence-corrected chi connectivity index (χ3v) is 0.757. The number of nitrogens with one attached hydrogen (secondary N) is 1. The van der Waals surface area contributed by atoms with Crippen molar-refractivity contribution in [2.75, 3.05) is 6.54 Å². The van der Waals surface area contributed by atoms with Crippen molar-refractivity contribution in [1.82, 2.24) is 5.43 Å². The molecular weight excluding hydrogens is 110 g/mol. The van der Waals surface area contributed by atoms with Crippen molar-refractivity contribution in [3.8, 4) is 0 Å². The monoisotopic (exact) mass is 114 g/mol. The lowest BCUT2D eigenvalue weighted by Gasteiger charge is -1.84. The maximum Gasteiger partial charge on any atom is 0.369 e. The van der Waals surface area contributed by atoms with Crippen LogP contribution in [0.5, 0.6) is 0 Å². The minimum Gasteiger partial charge on any atom is -0.358 e. The van der Waals surface area contributed by atoms with E-state index in [2.05, 4.69) is 10.5 Å². The summed E-state index contributed by atoms with van der Waals surface area (Å²) in [5.74, 6) is -0.0926. The summed E-state index contributed by atoms with van der Waals surface area (Å²) in [6.07, 6.45) is 1.42. The zero-order valence-electron chi connectivity index (χ0n) is 4.00. The SMILES string of the molecule is O=[N+]([O-])C1=NNC[CH]1. The van der Waals surface area contributed by atoms with Gasteiger partial charge in [-0.3, -0.25) is 0 Å². The highest BCUT2D eigenvalue weighted by Gasteiger charge is 2.17. The molecule has 1 N–H and O–H groups in total. The number of amidine groups is 1. The first kappa shape index (κ1) is 5.02. The van der Waals surface area contributed by atoms with Crippen molar-refractivity contribution >= 4 is 5.84 Å². The Morgan fingerprint density at radius 3 is 3.00 bits per heavy atom. The van der Waals surface area contributed by atoms with Gasteiger partial charge in [-0.1, -0.05) is 0 Å². The smallest absolute Gasteiger partial charge is 0.358 e. The van der Waals surface area contributed by atoms with E-state index in [-0.39, 0.29) is 5.84 Å². The van der Waals surface area contributed by atoms with Gasteiger partial charge in [0.15, 0.2) is 0 Å². The number of rotatable bonds is 0. The van der Waals surface area contributed by atoms with E-state index in [1.807, 2.05) is 0 Å². The van der Waals surface area contributed by atoms with Gasteiger partial charge in [0.1, 0.15) is 6.42 Å². The number of nitrogens with zero attached hydrogens (tertiary/aromatic N) is 2. The minimum absolute atomic E-state index is 0.0926. The van der Waals surface area contributed by atoms with Crippen LogP contribution in [0, 0.1) is 16.5 Å².